The highest BCUT2D eigenvalue weighted by molar-refractivity contribution is 6.10. The molecule has 7 nitrogen and oxygen atoms in total. The first-order chi connectivity index (χ1) is 10.7. The normalized spacial score (nSPS) is 10.0. The van der Waals surface area contributed by atoms with Crippen LogP contribution in [0.5, 0.6) is 0 Å². The molecule has 0 atom stereocenters. The Hall–Kier alpha value is -3.06. The maximum Gasteiger partial charge on any atom is 0.407 e. The summed E-state index contributed by atoms with van der Waals surface area (Å²) in [6, 6.07) is 8.81. The van der Waals surface area contributed by atoms with Gasteiger partial charge in [0.2, 0.25) is 5.71 Å². The van der Waals surface area contributed by atoms with E-state index in [-0.39, 0.29) is 5.71 Å². The van der Waals surface area contributed by atoms with E-state index >= 15 is 0 Å². The fourth-order valence-corrected chi connectivity index (χ4v) is 1.71. The van der Waals surface area contributed by atoms with Crippen LogP contribution in [0.1, 0.15) is 31.9 Å². The molecule has 2 N–H and O–H groups in total. The van der Waals surface area contributed by atoms with Gasteiger partial charge in [-0.05, 0) is 51.0 Å². The number of carbonyl (C=O) groups excluding carboxylic acids is 1. The number of nitrogens with zero attached hydrogens (tertiary/aromatic N) is 3. The van der Waals surface area contributed by atoms with Crippen LogP contribution in [0.3, 0.4) is 0 Å². The van der Waals surface area contributed by atoms with Gasteiger partial charge in [0.15, 0.2) is 0 Å². The van der Waals surface area contributed by atoms with Crippen molar-refractivity contribution in [3.8, 4) is 12.1 Å². The van der Waals surface area contributed by atoms with Crippen molar-refractivity contribution in [2.75, 3.05) is 5.43 Å². The van der Waals surface area contributed by atoms with Gasteiger partial charge in [-0.1, -0.05) is 6.07 Å². The lowest BCUT2D eigenvalue weighted by molar-refractivity contribution is 0.0523. The number of anilines is 1. The molecule has 0 aliphatic carbocycles. The van der Waals surface area contributed by atoms with Gasteiger partial charge >= 0.3 is 6.09 Å². The minimum atomic E-state index is -0.552. The fraction of sp³-hybridized carbons (Fsp3) is 0.375. The third-order valence-corrected chi connectivity index (χ3v) is 2.48. The lowest BCUT2D eigenvalue weighted by Crippen LogP contribution is -2.32. The molecule has 1 aromatic rings. The molecule has 0 saturated carbocycles. The molecule has 0 aromatic heterocycles. The van der Waals surface area contributed by atoms with Gasteiger partial charge in [-0.25, -0.2) is 4.79 Å². The molecule has 0 saturated heterocycles. The molecule has 1 aromatic carbocycles. The second-order valence-electron chi connectivity index (χ2n) is 5.86. The van der Waals surface area contributed by atoms with Crippen molar-refractivity contribution in [3.63, 3.8) is 0 Å². The molecule has 0 bridgehead atoms. The van der Waals surface area contributed by atoms with Crippen LogP contribution >= 0.6 is 0 Å². The summed E-state index contributed by atoms with van der Waals surface area (Å²) in [5.41, 5.74) is 4.24. The second-order valence-corrected chi connectivity index (χ2v) is 5.86. The Kier molecular flexibility index (Phi) is 6.11. The predicted molar refractivity (Wildman–Crippen MR) is 86.5 cm³/mol. The van der Waals surface area contributed by atoms with Gasteiger partial charge in [-0.3, -0.25) is 5.43 Å². The number of alkyl carbamates (subject to hydrolysis) is 1. The van der Waals surface area contributed by atoms with Crippen molar-refractivity contribution in [2.45, 2.75) is 39.8 Å². The standard InChI is InChI=1S/C16H19N5O2/c1-11-5-12(10-19-15(22)23-16(2,3)4)7-13(6-11)20-21-14(8-17)9-18/h5-7,20H,10H2,1-4H3,(H,19,22). The number of ether oxygens (including phenoxy) is 1. The summed E-state index contributed by atoms with van der Waals surface area (Å²) in [5, 5.41) is 23.7. The van der Waals surface area contributed by atoms with Gasteiger partial charge in [-0.2, -0.15) is 15.6 Å². The molecule has 0 spiro atoms. The minimum Gasteiger partial charge on any atom is -0.444 e. The molecule has 0 radical (unpaired) electrons. The monoisotopic (exact) mass is 313 g/mol. The molecule has 120 valence electrons. The molecule has 23 heavy (non-hydrogen) atoms. The highest BCUT2D eigenvalue weighted by Crippen LogP contribution is 2.15. The largest absolute Gasteiger partial charge is 0.444 e. The Morgan fingerprint density at radius 2 is 1.91 bits per heavy atom. The Bertz CT molecular complexity index is 674. The van der Waals surface area contributed by atoms with E-state index in [0.717, 1.165) is 11.1 Å². The van der Waals surface area contributed by atoms with E-state index in [9.17, 15) is 4.79 Å². The van der Waals surface area contributed by atoms with E-state index in [1.54, 1.807) is 39.0 Å². The summed E-state index contributed by atoms with van der Waals surface area (Å²) in [5.74, 6) is 0. The Morgan fingerprint density at radius 3 is 2.48 bits per heavy atom. The second kappa shape index (κ2) is 7.81. The van der Waals surface area contributed by atoms with Crippen LogP contribution in [-0.4, -0.2) is 17.4 Å². The number of nitriles is 2. The highest BCUT2D eigenvalue weighted by atomic mass is 16.6. The first-order valence-corrected chi connectivity index (χ1v) is 6.95. The summed E-state index contributed by atoms with van der Waals surface area (Å²) < 4.78 is 5.17. The molecular weight excluding hydrogens is 294 g/mol. The smallest absolute Gasteiger partial charge is 0.407 e. The molecule has 0 fully saturated rings. The maximum absolute atomic E-state index is 11.7. The zero-order chi connectivity index (χ0) is 17.5. The van der Waals surface area contributed by atoms with Crippen LogP contribution < -0.4 is 10.7 Å². The maximum atomic E-state index is 11.7. The zero-order valence-electron chi connectivity index (χ0n) is 13.6. The summed E-state index contributed by atoms with van der Waals surface area (Å²) in [6.45, 7) is 7.56. The van der Waals surface area contributed by atoms with Crippen molar-refractivity contribution in [3.05, 3.63) is 29.3 Å². The number of carbonyl (C=O) groups is 1. The third-order valence-electron chi connectivity index (χ3n) is 2.48. The fourth-order valence-electron chi connectivity index (χ4n) is 1.71. The Labute approximate surface area is 135 Å². The lowest BCUT2D eigenvalue weighted by atomic mass is 10.1. The number of benzene rings is 1. The number of hydrogen-bond acceptors (Lipinski definition) is 6. The van der Waals surface area contributed by atoms with E-state index in [0.29, 0.717) is 12.2 Å². The van der Waals surface area contributed by atoms with Gasteiger partial charge in [0.25, 0.3) is 0 Å². The van der Waals surface area contributed by atoms with Crippen LogP contribution in [0.4, 0.5) is 10.5 Å². The van der Waals surface area contributed by atoms with Crippen LogP contribution in [0.2, 0.25) is 0 Å². The molecule has 1 rings (SSSR count). The van der Waals surface area contributed by atoms with Crippen LogP contribution in [0.15, 0.2) is 23.3 Å². The molecular formula is C16H19N5O2. The van der Waals surface area contributed by atoms with Gasteiger partial charge in [0.1, 0.15) is 17.7 Å². The number of hydrogen-bond donors (Lipinski definition) is 2. The van der Waals surface area contributed by atoms with Gasteiger partial charge in [-0.15, -0.1) is 0 Å². The number of aryl methyl sites for hydroxylation is 1. The number of rotatable bonds is 4. The van der Waals surface area contributed by atoms with E-state index in [2.05, 4.69) is 15.8 Å². The summed E-state index contributed by atoms with van der Waals surface area (Å²) >= 11 is 0. The summed E-state index contributed by atoms with van der Waals surface area (Å²) in [7, 11) is 0. The van der Waals surface area contributed by atoms with Crippen LogP contribution in [-0.2, 0) is 11.3 Å². The lowest BCUT2D eigenvalue weighted by Gasteiger charge is -2.19. The Morgan fingerprint density at radius 1 is 1.26 bits per heavy atom. The predicted octanol–water partition coefficient (Wildman–Crippen LogP) is 2.83. The van der Waals surface area contributed by atoms with Crippen molar-refractivity contribution in [1.82, 2.24) is 5.32 Å². The van der Waals surface area contributed by atoms with Crippen molar-refractivity contribution in [2.24, 2.45) is 5.10 Å². The van der Waals surface area contributed by atoms with E-state index in [1.807, 2.05) is 19.1 Å². The molecule has 0 heterocycles. The number of amides is 1. The average molecular weight is 313 g/mol. The molecule has 0 aliphatic heterocycles. The SMILES string of the molecule is Cc1cc(CNC(=O)OC(C)(C)C)cc(NN=C(C#N)C#N)c1. The van der Waals surface area contributed by atoms with Gasteiger partial charge in [0, 0.05) is 6.54 Å². The quantitative estimate of drug-likeness (QED) is 0.656. The highest BCUT2D eigenvalue weighted by Gasteiger charge is 2.15. The van der Waals surface area contributed by atoms with E-state index in [1.165, 1.54) is 0 Å². The average Bonchev–Trinajstić information content (AvgIpc) is 2.44. The van der Waals surface area contributed by atoms with Crippen molar-refractivity contribution in [1.29, 1.82) is 10.5 Å². The molecule has 7 heteroatoms. The van der Waals surface area contributed by atoms with Gasteiger partial charge in [0.05, 0.1) is 5.69 Å². The number of hydrazone groups is 1. The van der Waals surface area contributed by atoms with E-state index in [4.69, 9.17) is 15.3 Å². The topological polar surface area (TPSA) is 110 Å². The van der Waals surface area contributed by atoms with Gasteiger partial charge < -0.3 is 10.1 Å². The van der Waals surface area contributed by atoms with Crippen molar-refractivity contribution < 1.29 is 9.53 Å². The zero-order valence-corrected chi connectivity index (χ0v) is 13.6. The first kappa shape index (κ1) is 18.0. The molecule has 0 unspecified atom stereocenters. The van der Waals surface area contributed by atoms with Crippen LogP contribution in [0.25, 0.3) is 0 Å². The van der Waals surface area contributed by atoms with Crippen molar-refractivity contribution >= 4 is 17.5 Å². The Balaban J connectivity index is 2.75. The van der Waals surface area contributed by atoms with E-state index < -0.39 is 11.7 Å². The minimum absolute atomic E-state index is 0.264. The van der Waals surface area contributed by atoms with Crippen LogP contribution in [0, 0.1) is 29.6 Å². The summed E-state index contributed by atoms with van der Waals surface area (Å²) in [6.07, 6.45) is -0.497. The molecule has 0 aliphatic rings. The number of nitrogens with one attached hydrogen (secondary N) is 2. The molecule has 1 amide bonds. The first-order valence-electron chi connectivity index (χ1n) is 6.95. The summed E-state index contributed by atoms with van der Waals surface area (Å²) in [4.78, 5) is 11.7. The third kappa shape index (κ3) is 6.96.